The van der Waals surface area contributed by atoms with Crippen LogP contribution in [-0.2, 0) is 28.3 Å². The zero-order valence-corrected chi connectivity index (χ0v) is 24.1. The van der Waals surface area contributed by atoms with Crippen molar-refractivity contribution in [3.8, 4) is 0 Å². The molecule has 0 bridgehead atoms. The molecule has 0 spiro atoms. The molecule has 1 atom stereocenters. The number of halogens is 2. The molecule has 0 unspecified atom stereocenters. The number of hydrogen-bond acceptors (Lipinski definition) is 3. The quantitative estimate of drug-likeness (QED) is 0.290. The van der Waals surface area contributed by atoms with Crippen LogP contribution in [0.25, 0.3) is 0 Å². The number of aryl methyl sites for hydroxylation is 1. The van der Waals surface area contributed by atoms with Crippen LogP contribution in [0.2, 0.25) is 10.0 Å². The van der Waals surface area contributed by atoms with Gasteiger partial charge in [0, 0.05) is 24.3 Å². The summed E-state index contributed by atoms with van der Waals surface area (Å²) < 4.78 is 0. The van der Waals surface area contributed by atoms with Crippen LogP contribution in [0.5, 0.6) is 0 Å². The Morgan fingerprint density at radius 3 is 2.24 bits per heavy atom. The molecule has 0 aliphatic rings. The molecule has 4 nitrogen and oxygen atoms in total. The van der Waals surface area contributed by atoms with E-state index < -0.39 is 11.6 Å². The van der Waals surface area contributed by atoms with Gasteiger partial charge in [-0.1, -0.05) is 89.4 Å². The molecule has 3 aromatic rings. The molecule has 1 N–H and O–H groups in total. The second kappa shape index (κ2) is 13.4. The van der Waals surface area contributed by atoms with Crippen LogP contribution in [0.1, 0.15) is 43.0 Å². The first-order chi connectivity index (χ1) is 17.5. The van der Waals surface area contributed by atoms with Gasteiger partial charge in [-0.15, -0.1) is 11.8 Å². The smallest absolute Gasteiger partial charge is 0.243 e. The lowest BCUT2D eigenvalue weighted by molar-refractivity contribution is -0.140. The van der Waals surface area contributed by atoms with Gasteiger partial charge in [0.1, 0.15) is 6.04 Å². The van der Waals surface area contributed by atoms with Crippen molar-refractivity contribution in [2.45, 2.75) is 58.0 Å². The predicted molar refractivity (Wildman–Crippen MR) is 156 cm³/mol. The lowest BCUT2D eigenvalue weighted by Gasteiger charge is -2.34. The number of hydrogen-bond donors (Lipinski definition) is 1. The van der Waals surface area contributed by atoms with Crippen molar-refractivity contribution in [2.75, 3.05) is 5.75 Å². The Kier molecular flexibility index (Phi) is 10.5. The van der Waals surface area contributed by atoms with E-state index in [9.17, 15) is 9.59 Å². The van der Waals surface area contributed by atoms with E-state index in [2.05, 4.69) is 30.4 Å². The monoisotopic (exact) mass is 556 g/mol. The number of nitrogens with one attached hydrogen (secondary N) is 1. The molecule has 196 valence electrons. The lowest BCUT2D eigenvalue weighted by atomic mass is 10.0. The van der Waals surface area contributed by atoms with Crippen LogP contribution >= 0.6 is 35.0 Å². The minimum atomic E-state index is -0.692. The number of carbonyl (C=O) groups excluding carboxylic acids is 2. The number of benzene rings is 3. The van der Waals surface area contributed by atoms with Crippen LogP contribution in [0, 0.1) is 6.92 Å². The Morgan fingerprint density at radius 1 is 0.892 bits per heavy atom. The first kappa shape index (κ1) is 29.1. The maximum atomic E-state index is 13.7. The van der Waals surface area contributed by atoms with E-state index in [-0.39, 0.29) is 24.1 Å². The number of amides is 2. The zero-order valence-electron chi connectivity index (χ0n) is 21.8. The van der Waals surface area contributed by atoms with Crippen molar-refractivity contribution in [2.24, 2.45) is 0 Å². The number of thioether (sulfide) groups is 1. The molecule has 2 amide bonds. The van der Waals surface area contributed by atoms with Crippen LogP contribution in [-0.4, -0.2) is 34.0 Å². The Bertz CT molecular complexity index is 1210. The van der Waals surface area contributed by atoms with E-state index in [0.717, 1.165) is 11.1 Å². The summed E-state index contributed by atoms with van der Waals surface area (Å²) >= 11 is 14.0. The van der Waals surface area contributed by atoms with Gasteiger partial charge in [-0.3, -0.25) is 9.59 Å². The summed E-state index contributed by atoms with van der Waals surface area (Å²) in [5.41, 5.74) is 3.71. The summed E-state index contributed by atoms with van der Waals surface area (Å²) in [6.45, 7) is 8.12. The van der Waals surface area contributed by atoms with E-state index in [1.54, 1.807) is 28.8 Å². The van der Waals surface area contributed by atoms with Gasteiger partial charge in [-0.25, -0.2) is 0 Å². The highest BCUT2D eigenvalue weighted by Crippen LogP contribution is 2.25. The summed E-state index contributed by atoms with van der Waals surface area (Å²) in [5.74, 6) is 0.678. The molecule has 0 heterocycles. The minimum Gasteiger partial charge on any atom is -0.350 e. The zero-order chi connectivity index (χ0) is 27.0. The standard InChI is InChI=1S/C30H34Cl2N2O2S/c1-21-9-8-12-24(15-21)19-37-20-28(35)34(18-23-13-14-25(31)26(32)16-23)27(29(36)33-30(2,3)4)17-22-10-6-5-7-11-22/h5-16,27H,17-20H2,1-4H3,(H,33,36)/t27-/m1/s1. The third-order valence-corrected chi connectivity index (χ3v) is 7.41. The summed E-state index contributed by atoms with van der Waals surface area (Å²) in [6.07, 6.45) is 0.401. The first-order valence-corrected chi connectivity index (χ1v) is 14.2. The second-order valence-electron chi connectivity index (χ2n) is 10.2. The fourth-order valence-corrected chi connectivity index (χ4v) is 5.16. The average Bonchev–Trinajstić information content (AvgIpc) is 2.83. The SMILES string of the molecule is Cc1cccc(CSCC(=O)N(Cc2ccc(Cl)c(Cl)c2)[C@H](Cc2ccccc2)C(=O)NC(C)(C)C)c1. The fraction of sp³-hybridized carbons (Fsp3) is 0.333. The van der Waals surface area contributed by atoms with Crippen molar-refractivity contribution in [1.29, 1.82) is 0 Å². The Labute approximate surface area is 234 Å². The summed E-state index contributed by atoms with van der Waals surface area (Å²) in [6, 6.07) is 22.7. The Morgan fingerprint density at radius 2 is 1.59 bits per heavy atom. The maximum Gasteiger partial charge on any atom is 0.243 e. The van der Waals surface area contributed by atoms with Gasteiger partial charge >= 0.3 is 0 Å². The molecule has 0 aromatic heterocycles. The fourth-order valence-electron chi connectivity index (χ4n) is 3.98. The van der Waals surface area contributed by atoms with Crippen LogP contribution in [0.3, 0.4) is 0 Å². The third kappa shape index (κ3) is 9.41. The van der Waals surface area contributed by atoms with E-state index in [1.165, 1.54) is 11.1 Å². The molecule has 0 aliphatic heterocycles. The maximum absolute atomic E-state index is 13.7. The van der Waals surface area contributed by atoms with Crippen molar-refractivity contribution in [1.82, 2.24) is 10.2 Å². The van der Waals surface area contributed by atoms with Gasteiger partial charge in [0.25, 0.3) is 0 Å². The predicted octanol–water partition coefficient (Wildman–Crippen LogP) is 7.09. The number of carbonyl (C=O) groups is 2. The number of nitrogens with zero attached hydrogens (tertiary/aromatic N) is 1. The molecular formula is C30H34Cl2N2O2S. The van der Waals surface area contributed by atoms with Crippen molar-refractivity contribution >= 4 is 46.8 Å². The number of rotatable bonds is 10. The van der Waals surface area contributed by atoms with Crippen LogP contribution in [0.4, 0.5) is 0 Å². The molecule has 7 heteroatoms. The second-order valence-corrected chi connectivity index (χ2v) is 12.0. The van der Waals surface area contributed by atoms with Gasteiger partial charge in [-0.05, 0) is 56.5 Å². The summed E-state index contributed by atoms with van der Waals surface area (Å²) in [4.78, 5) is 29.0. The topological polar surface area (TPSA) is 49.4 Å². The molecule has 0 radical (unpaired) electrons. The molecule has 3 rings (SSSR count). The lowest BCUT2D eigenvalue weighted by Crippen LogP contribution is -2.54. The first-order valence-electron chi connectivity index (χ1n) is 12.2. The molecule has 0 fully saturated rings. The Balaban J connectivity index is 1.89. The highest BCUT2D eigenvalue weighted by Gasteiger charge is 2.32. The van der Waals surface area contributed by atoms with Crippen molar-refractivity contribution in [3.63, 3.8) is 0 Å². The van der Waals surface area contributed by atoms with Gasteiger partial charge in [0.15, 0.2) is 0 Å². The van der Waals surface area contributed by atoms with Crippen molar-refractivity contribution < 1.29 is 9.59 Å². The average molecular weight is 558 g/mol. The van der Waals surface area contributed by atoms with Gasteiger partial charge in [-0.2, -0.15) is 0 Å². The molecule has 0 saturated heterocycles. The van der Waals surface area contributed by atoms with Crippen molar-refractivity contribution in [3.05, 3.63) is 105 Å². The van der Waals surface area contributed by atoms with Crippen LogP contribution in [0.15, 0.2) is 72.8 Å². The Hall–Kier alpha value is -2.47. The molecule has 37 heavy (non-hydrogen) atoms. The van der Waals surface area contributed by atoms with Crippen LogP contribution < -0.4 is 5.32 Å². The normalized spacial score (nSPS) is 12.2. The highest BCUT2D eigenvalue weighted by atomic mass is 35.5. The van der Waals surface area contributed by atoms with Gasteiger partial charge < -0.3 is 10.2 Å². The van der Waals surface area contributed by atoms with E-state index in [0.29, 0.717) is 22.2 Å². The van der Waals surface area contributed by atoms with Gasteiger partial charge in [0.2, 0.25) is 11.8 Å². The minimum absolute atomic E-state index is 0.103. The van der Waals surface area contributed by atoms with E-state index in [4.69, 9.17) is 23.2 Å². The molecular weight excluding hydrogens is 523 g/mol. The van der Waals surface area contributed by atoms with E-state index >= 15 is 0 Å². The molecule has 3 aromatic carbocycles. The third-order valence-electron chi connectivity index (χ3n) is 5.68. The van der Waals surface area contributed by atoms with Gasteiger partial charge in [0.05, 0.1) is 15.8 Å². The molecule has 0 aliphatic carbocycles. The molecule has 0 saturated carbocycles. The highest BCUT2D eigenvalue weighted by molar-refractivity contribution is 7.99. The summed E-state index contributed by atoms with van der Waals surface area (Å²) in [7, 11) is 0. The van der Waals surface area contributed by atoms with E-state index in [1.807, 2.05) is 63.2 Å². The summed E-state index contributed by atoms with van der Waals surface area (Å²) in [5, 5.41) is 3.95. The largest absolute Gasteiger partial charge is 0.350 e.